The molecule has 2 rings (SSSR count). The Balaban J connectivity index is 2.77. The molecule has 0 aliphatic carbocycles. The van der Waals surface area contributed by atoms with Crippen LogP contribution < -0.4 is 5.56 Å². The van der Waals surface area contributed by atoms with E-state index < -0.39 is 5.56 Å². The van der Waals surface area contributed by atoms with Crippen molar-refractivity contribution in [3.63, 3.8) is 0 Å². The summed E-state index contributed by atoms with van der Waals surface area (Å²) in [6, 6.07) is 1.93. The lowest BCUT2D eigenvalue weighted by Crippen LogP contribution is -2.24. The highest BCUT2D eigenvalue weighted by molar-refractivity contribution is 5.98. The van der Waals surface area contributed by atoms with E-state index in [1.165, 1.54) is 4.57 Å². The fraction of sp³-hybridized carbons (Fsp3) is 0.312. The Bertz CT molecular complexity index is 802. The van der Waals surface area contributed by atoms with Gasteiger partial charge in [0.05, 0.1) is 5.70 Å². The Hall–Kier alpha value is -2.61. The number of nitrogens with zero attached hydrogens (tertiary/aromatic N) is 3. The number of hydrogen-bond donors (Lipinski definition) is 1. The van der Waals surface area contributed by atoms with Crippen LogP contribution in [0.4, 0.5) is 0 Å². The molecule has 5 heteroatoms. The summed E-state index contributed by atoms with van der Waals surface area (Å²) in [5, 5.41) is 19.5. The minimum Gasteiger partial charge on any atom is -0.494 e. The fourth-order valence-corrected chi connectivity index (χ4v) is 2.42. The van der Waals surface area contributed by atoms with Gasteiger partial charge in [-0.1, -0.05) is 0 Å². The van der Waals surface area contributed by atoms with E-state index in [9.17, 15) is 15.2 Å². The van der Waals surface area contributed by atoms with Gasteiger partial charge in [0.2, 0.25) is 5.88 Å². The maximum absolute atomic E-state index is 12.1. The van der Waals surface area contributed by atoms with E-state index in [0.29, 0.717) is 17.7 Å². The molecule has 1 aliphatic rings. The van der Waals surface area contributed by atoms with Crippen LogP contribution >= 0.6 is 0 Å². The van der Waals surface area contributed by atoms with E-state index in [4.69, 9.17) is 0 Å². The molecule has 0 aromatic carbocycles. The van der Waals surface area contributed by atoms with Crippen LogP contribution in [0, 0.1) is 18.3 Å². The molecule has 2 heterocycles. The quantitative estimate of drug-likeness (QED) is 0.905. The predicted molar refractivity (Wildman–Crippen MR) is 82.3 cm³/mol. The summed E-state index contributed by atoms with van der Waals surface area (Å²) in [5.41, 5.74) is 3.15. The van der Waals surface area contributed by atoms with E-state index in [0.717, 1.165) is 17.0 Å². The summed E-state index contributed by atoms with van der Waals surface area (Å²) in [5.74, 6) is -0.126. The standard InChI is InChI=1S/C16H17N3O2/c1-5-19-15(20)12(11(4)13(8-17)16(19)21)7-14-9(2)6-10(3)18-14/h6-7,20H,5H2,1-4H3. The highest BCUT2D eigenvalue weighted by atomic mass is 16.3. The van der Waals surface area contributed by atoms with Crippen molar-refractivity contribution >= 4 is 11.8 Å². The van der Waals surface area contributed by atoms with Gasteiger partial charge in [0.15, 0.2) is 0 Å². The van der Waals surface area contributed by atoms with Crippen molar-refractivity contribution in [1.29, 1.82) is 5.26 Å². The molecule has 0 saturated carbocycles. The van der Waals surface area contributed by atoms with Gasteiger partial charge in [-0.25, -0.2) is 0 Å². The molecule has 108 valence electrons. The molecule has 1 aromatic heterocycles. The molecular formula is C16H17N3O2. The molecule has 1 N–H and O–H groups in total. The monoisotopic (exact) mass is 283 g/mol. The lowest BCUT2D eigenvalue weighted by atomic mass is 10.0. The van der Waals surface area contributed by atoms with Gasteiger partial charge in [-0.15, -0.1) is 0 Å². The van der Waals surface area contributed by atoms with Crippen molar-refractivity contribution in [2.75, 3.05) is 0 Å². The largest absolute Gasteiger partial charge is 0.494 e. The minimum absolute atomic E-state index is 0.0573. The molecule has 1 aromatic rings. The average Bonchev–Trinajstić information content (AvgIpc) is 2.74. The Morgan fingerprint density at radius 1 is 1.43 bits per heavy atom. The number of aromatic nitrogens is 1. The van der Waals surface area contributed by atoms with Gasteiger partial charge < -0.3 is 5.11 Å². The summed E-state index contributed by atoms with van der Waals surface area (Å²) in [7, 11) is 0. The molecule has 1 aliphatic heterocycles. The first-order chi connectivity index (χ1) is 9.90. The van der Waals surface area contributed by atoms with Gasteiger partial charge >= 0.3 is 0 Å². The summed E-state index contributed by atoms with van der Waals surface area (Å²) >= 11 is 0. The van der Waals surface area contributed by atoms with Crippen molar-refractivity contribution in [3.8, 4) is 11.9 Å². The first-order valence-electron chi connectivity index (χ1n) is 6.72. The fourth-order valence-electron chi connectivity index (χ4n) is 2.42. The third kappa shape index (κ3) is 2.40. The van der Waals surface area contributed by atoms with E-state index in [1.807, 2.05) is 26.0 Å². The zero-order valence-corrected chi connectivity index (χ0v) is 12.6. The predicted octanol–water partition coefficient (Wildman–Crippen LogP) is 2.52. The number of aromatic hydroxyl groups is 1. The Morgan fingerprint density at radius 3 is 2.57 bits per heavy atom. The van der Waals surface area contributed by atoms with E-state index in [1.54, 1.807) is 19.9 Å². The van der Waals surface area contributed by atoms with Crippen LogP contribution in [0.15, 0.2) is 27.1 Å². The number of aliphatic imine (C=N–C) groups is 1. The Morgan fingerprint density at radius 2 is 2.10 bits per heavy atom. The first-order valence-corrected chi connectivity index (χ1v) is 6.72. The molecule has 0 fully saturated rings. The zero-order valence-electron chi connectivity index (χ0n) is 12.6. The second-order valence-electron chi connectivity index (χ2n) is 5.01. The van der Waals surface area contributed by atoms with Gasteiger partial charge in [0.25, 0.3) is 5.56 Å². The molecule has 0 radical (unpaired) electrons. The van der Waals surface area contributed by atoms with Crippen LogP contribution in [0.3, 0.4) is 0 Å². The van der Waals surface area contributed by atoms with Crippen LogP contribution in [0.2, 0.25) is 0 Å². The van der Waals surface area contributed by atoms with Crippen LogP contribution in [0.5, 0.6) is 5.88 Å². The van der Waals surface area contributed by atoms with Crippen LogP contribution in [-0.2, 0) is 6.54 Å². The molecule has 0 atom stereocenters. The molecule has 0 amide bonds. The van der Waals surface area contributed by atoms with E-state index in [-0.39, 0.29) is 11.4 Å². The molecule has 0 bridgehead atoms. The number of rotatable bonds is 2. The molecule has 0 unspecified atom stereocenters. The summed E-state index contributed by atoms with van der Waals surface area (Å²) in [4.78, 5) is 16.5. The second kappa shape index (κ2) is 5.41. The molecule has 21 heavy (non-hydrogen) atoms. The summed E-state index contributed by atoms with van der Waals surface area (Å²) < 4.78 is 1.20. The third-order valence-corrected chi connectivity index (χ3v) is 3.57. The highest BCUT2D eigenvalue weighted by Gasteiger charge is 2.18. The van der Waals surface area contributed by atoms with Gasteiger partial charge in [-0.05, 0) is 51.0 Å². The zero-order chi connectivity index (χ0) is 15.7. The number of pyridine rings is 1. The lowest BCUT2D eigenvalue weighted by Gasteiger charge is -2.13. The van der Waals surface area contributed by atoms with Crippen molar-refractivity contribution in [1.82, 2.24) is 4.57 Å². The first kappa shape index (κ1) is 14.8. The summed E-state index contributed by atoms with van der Waals surface area (Å²) in [6.07, 6.45) is 3.67. The summed E-state index contributed by atoms with van der Waals surface area (Å²) in [6.45, 7) is 7.53. The van der Waals surface area contributed by atoms with Crippen LogP contribution in [0.25, 0.3) is 6.08 Å². The number of allylic oxidation sites excluding steroid dienone is 2. The van der Waals surface area contributed by atoms with Crippen molar-refractivity contribution in [3.05, 3.63) is 44.4 Å². The number of nitriles is 1. The van der Waals surface area contributed by atoms with Crippen LogP contribution in [0.1, 0.15) is 37.5 Å². The SMILES string of the molecule is CCn1c(O)c(C=C2N=C(C)C=C2C)c(C)c(C#N)c1=O. The molecule has 5 nitrogen and oxygen atoms in total. The lowest BCUT2D eigenvalue weighted by molar-refractivity contribution is 0.409. The van der Waals surface area contributed by atoms with Crippen molar-refractivity contribution < 1.29 is 5.11 Å². The van der Waals surface area contributed by atoms with Crippen molar-refractivity contribution in [2.45, 2.75) is 34.2 Å². The minimum atomic E-state index is -0.462. The Labute approximate surface area is 123 Å². The van der Waals surface area contributed by atoms with E-state index in [2.05, 4.69) is 4.99 Å². The van der Waals surface area contributed by atoms with Crippen molar-refractivity contribution in [2.24, 2.45) is 4.99 Å². The highest BCUT2D eigenvalue weighted by Crippen LogP contribution is 2.28. The average molecular weight is 283 g/mol. The third-order valence-electron chi connectivity index (χ3n) is 3.57. The molecular weight excluding hydrogens is 266 g/mol. The van der Waals surface area contributed by atoms with Gasteiger partial charge in [0, 0.05) is 17.8 Å². The topological polar surface area (TPSA) is 78.4 Å². The van der Waals surface area contributed by atoms with Gasteiger partial charge in [-0.3, -0.25) is 14.4 Å². The molecule has 0 spiro atoms. The van der Waals surface area contributed by atoms with Crippen LogP contribution in [-0.4, -0.2) is 15.4 Å². The van der Waals surface area contributed by atoms with E-state index >= 15 is 0 Å². The second-order valence-corrected chi connectivity index (χ2v) is 5.01. The molecule has 0 saturated heterocycles. The normalized spacial score (nSPS) is 15.9. The maximum atomic E-state index is 12.1. The van der Waals surface area contributed by atoms with Gasteiger partial charge in [0.1, 0.15) is 11.6 Å². The number of hydrogen-bond acceptors (Lipinski definition) is 4. The van der Waals surface area contributed by atoms with Gasteiger partial charge in [-0.2, -0.15) is 5.26 Å². The maximum Gasteiger partial charge on any atom is 0.271 e. The smallest absolute Gasteiger partial charge is 0.271 e. The Kier molecular flexibility index (Phi) is 3.81.